The molecule has 0 bridgehead atoms. The summed E-state index contributed by atoms with van der Waals surface area (Å²) in [5.74, 6) is -0.155. The van der Waals surface area contributed by atoms with Gasteiger partial charge in [0, 0.05) is 16.1 Å². The summed E-state index contributed by atoms with van der Waals surface area (Å²) < 4.78 is 4.81. The van der Waals surface area contributed by atoms with E-state index >= 15 is 0 Å². The van der Waals surface area contributed by atoms with Gasteiger partial charge in [-0.15, -0.1) is 0 Å². The first-order valence-corrected chi connectivity index (χ1v) is 6.48. The highest BCUT2D eigenvalue weighted by molar-refractivity contribution is 8.01. The van der Waals surface area contributed by atoms with E-state index in [2.05, 4.69) is 14.7 Å². The number of fused-ring (bicyclic) bond motifs is 1. The molecule has 17 heavy (non-hydrogen) atoms. The van der Waals surface area contributed by atoms with E-state index in [0.29, 0.717) is 0 Å². The van der Waals surface area contributed by atoms with Gasteiger partial charge in [0.05, 0.1) is 0 Å². The average Bonchev–Trinajstić information content (AvgIpc) is 2.89. The summed E-state index contributed by atoms with van der Waals surface area (Å²) in [6.45, 7) is 0. The van der Waals surface area contributed by atoms with Crippen molar-refractivity contribution in [1.82, 2.24) is 9.36 Å². The summed E-state index contributed by atoms with van der Waals surface area (Å²) in [6, 6.07) is 5.17. The normalized spacial score (nSPS) is 17.9. The lowest BCUT2D eigenvalue weighted by Crippen LogP contribution is -2.19. The summed E-state index contributed by atoms with van der Waals surface area (Å²) in [5.41, 5.74) is 7.37. The van der Waals surface area contributed by atoms with Crippen molar-refractivity contribution >= 4 is 34.9 Å². The van der Waals surface area contributed by atoms with Crippen molar-refractivity contribution in [2.45, 2.75) is 15.3 Å². The monoisotopic (exact) mass is 264 g/mol. The van der Waals surface area contributed by atoms with E-state index in [-0.39, 0.29) is 5.91 Å². The van der Waals surface area contributed by atoms with Gasteiger partial charge in [0.25, 0.3) is 0 Å². The summed E-state index contributed by atoms with van der Waals surface area (Å²) >= 11 is 2.86. The molecule has 2 aromatic rings. The molecule has 86 valence electrons. The molecule has 0 radical (unpaired) electrons. The van der Waals surface area contributed by atoms with Crippen molar-refractivity contribution in [3.63, 3.8) is 0 Å². The second-order valence-corrected chi connectivity index (χ2v) is 5.63. The van der Waals surface area contributed by atoms with E-state index < -0.39 is 6.04 Å². The molecule has 1 unspecified atom stereocenters. The predicted molar refractivity (Wildman–Crippen MR) is 66.0 cm³/mol. The molecule has 5 nitrogen and oxygen atoms in total. The van der Waals surface area contributed by atoms with Crippen molar-refractivity contribution < 1.29 is 4.79 Å². The molecule has 1 amide bonds. The average molecular weight is 264 g/mol. The van der Waals surface area contributed by atoms with Crippen LogP contribution in [0.15, 0.2) is 33.8 Å². The maximum absolute atomic E-state index is 11.4. The van der Waals surface area contributed by atoms with Gasteiger partial charge in [-0.05, 0) is 23.7 Å². The topological polar surface area (TPSA) is 80.9 Å². The molecule has 0 spiro atoms. The van der Waals surface area contributed by atoms with Gasteiger partial charge in [-0.25, -0.2) is 4.98 Å². The third kappa shape index (κ3) is 1.92. The maximum Gasteiger partial charge on any atom is 0.245 e. The number of carbonyl (C=O) groups is 1. The Labute approximate surface area is 106 Å². The Morgan fingerprint density at radius 3 is 3.12 bits per heavy atom. The number of nitrogens with zero attached hydrogens (tertiary/aromatic N) is 2. The first-order valence-electron chi connectivity index (χ1n) is 4.89. The minimum Gasteiger partial charge on any atom is -0.324 e. The summed E-state index contributed by atoms with van der Waals surface area (Å²) in [4.78, 5) is 16.5. The molecule has 0 aliphatic carbocycles. The van der Waals surface area contributed by atoms with E-state index in [1.54, 1.807) is 0 Å². The molecule has 1 aliphatic rings. The second kappa shape index (κ2) is 4.10. The standard InChI is InChI=1S/C10H8N4OS2/c11-8-6-2-1-5(3-7(6)14-9(8)15)16-10-12-4-13-17-10/h1-4,8H,11H2,(H,14,15). The summed E-state index contributed by atoms with van der Waals surface area (Å²) in [5, 5.41) is 2.76. The van der Waals surface area contributed by atoms with Crippen molar-refractivity contribution in [3.05, 3.63) is 30.1 Å². The molecule has 1 aromatic carbocycles. The number of nitrogens with one attached hydrogen (secondary N) is 1. The van der Waals surface area contributed by atoms with E-state index in [4.69, 9.17) is 5.73 Å². The molecule has 7 heteroatoms. The molecule has 3 N–H and O–H groups in total. The maximum atomic E-state index is 11.4. The number of carbonyl (C=O) groups excluding carboxylic acids is 1. The number of amides is 1. The van der Waals surface area contributed by atoms with E-state index in [1.165, 1.54) is 29.6 Å². The third-order valence-corrected chi connectivity index (χ3v) is 4.15. The Bertz CT molecular complexity index is 570. The van der Waals surface area contributed by atoms with Crippen LogP contribution in [0, 0.1) is 0 Å². The minimum atomic E-state index is -0.550. The van der Waals surface area contributed by atoms with Crippen molar-refractivity contribution in [2.24, 2.45) is 5.73 Å². The fourth-order valence-electron chi connectivity index (χ4n) is 1.64. The molecule has 0 saturated carbocycles. The SMILES string of the molecule is NC1C(=O)Nc2cc(Sc3ncns3)ccc21. The third-order valence-electron chi connectivity index (χ3n) is 2.45. The van der Waals surface area contributed by atoms with Gasteiger partial charge in [0.1, 0.15) is 12.4 Å². The van der Waals surface area contributed by atoms with Crippen LogP contribution in [-0.2, 0) is 4.79 Å². The number of benzene rings is 1. The summed E-state index contributed by atoms with van der Waals surface area (Å²) in [7, 11) is 0. The predicted octanol–water partition coefficient (Wildman–Crippen LogP) is 1.64. The van der Waals surface area contributed by atoms with Crippen LogP contribution in [0.1, 0.15) is 11.6 Å². The number of hydrogen-bond donors (Lipinski definition) is 2. The molecule has 2 heterocycles. The molecule has 1 aliphatic heterocycles. The molecule has 3 rings (SSSR count). The van der Waals surface area contributed by atoms with Gasteiger partial charge in [-0.2, -0.15) is 4.37 Å². The van der Waals surface area contributed by atoms with Crippen LogP contribution < -0.4 is 11.1 Å². The Hall–Kier alpha value is -1.44. The Balaban J connectivity index is 1.90. The number of anilines is 1. The first-order chi connectivity index (χ1) is 8.24. The van der Waals surface area contributed by atoms with Crippen molar-refractivity contribution in [2.75, 3.05) is 5.32 Å². The summed E-state index contributed by atoms with van der Waals surface area (Å²) in [6.07, 6.45) is 1.53. The molecule has 1 aromatic heterocycles. The minimum absolute atomic E-state index is 0.155. The number of hydrogen-bond acceptors (Lipinski definition) is 6. The highest BCUT2D eigenvalue weighted by Gasteiger charge is 2.26. The van der Waals surface area contributed by atoms with Crippen molar-refractivity contribution in [3.8, 4) is 0 Å². The Morgan fingerprint density at radius 2 is 2.35 bits per heavy atom. The van der Waals surface area contributed by atoms with Crippen LogP contribution in [0.25, 0.3) is 0 Å². The van der Waals surface area contributed by atoms with E-state index in [0.717, 1.165) is 20.5 Å². The highest BCUT2D eigenvalue weighted by atomic mass is 32.2. The lowest BCUT2D eigenvalue weighted by molar-refractivity contribution is -0.116. The fraction of sp³-hybridized carbons (Fsp3) is 0.100. The van der Waals surface area contributed by atoms with Crippen molar-refractivity contribution in [1.29, 1.82) is 0 Å². The molecular weight excluding hydrogens is 256 g/mol. The quantitative estimate of drug-likeness (QED) is 0.862. The van der Waals surface area contributed by atoms with E-state index in [1.807, 2.05) is 18.2 Å². The Kier molecular flexibility index (Phi) is 2.58. The zero-order chi connectivity index (χ0) is 11.8. The van der Waals surface area contributed by atoms with E-state index in [9.17, 15) is 4.79 Å². The van der Waals surface area contributed by atoms with Crippen LogP contribution in [0.4, 0.5) is 5.69 Å². The van der Waals surface area contributed by atoms with Gasteiger partial charge >= 0.3 is 0 Å². The van der Waals surface area contributed by atoms with Crippen LogP contribution in [0.5, 0.6) is 0 Å². The zero-order valence-corrected chi connectivity index (χ0v) is 10.2. The fourth-order valence-corrected chi connectivity index (χ4v) is 3.10. The van der Waals surface area contributed by atoms with Crippen LogP contribution in [0.2, 0.25) is 0 Å². The molecule has 0 fully saturated rings. The van der Waals surface area contributed by atoms with Gasteiger partial charge in [0.2, 0.25) is 5.91 Å². The van der Waals surface area contributed by atoms with Gasteiger partial charge in [-0.3, -0.25) is 4.79 Å². The van der Waals surface area contributed by atoms with Crippen LogP contribution >= 0.6 is 23.3 Å². The molecular formula is C10H8N4OS2. The lowest BCUT2D eigenvalue weighted by atomic mass is 10.1. The molecule has 0 saturated heterocycles. The van der Waals surface area contributed by atoms with Crippen LogP contribution in [0.3, 0.4) is 0 Å². The largest absolute Gasteiger partial charge is 0.324 e. The zero-order valence-electron chi connectivity index (χ0n) is 8.58. The van der Waals surface area contributed by atoms with Gasteiger partial charge < -0.3 is 11.1 Å². The molecule has 1 atom stereocenters. The smallest absolute Gasteiger partial charge is 0.245 e. The van der Waals surface area contributed by atoms with Crippen LogP contribution in [-0.4, -0.2) is 15.3 Å². The first kappa shape index (κ1) is 10.7. The number of rotatable bonds is 2. The number of nitrogens with two attached hydrogens (primary N) is 1. The lowest BCUT2D eigenvalue weighted by Gasteiger charge is -2.03. The second-order valence-electron chi connectivity index (χ2n) is 3.53. The van der Waals surface area contributed by atoms with Gasteiger partial charge in [0.15, 0.2) is 4.34 Å². The van der Waals surface area contributed by atoms with Gasteiger partial charge in [-0.1, -0.05) is 17.8 Å². The Morgan fingerprint density at radius 1 is 1.47 bits per heavy atom. The highest BCUT2D eigenvalue weighted by Crippen LogP contribution is 2.35. The number of aromatic nitrogens is 2.